The lowest BCUT2D eigenvalue weighted by Gasteiger charge is -2.22. The number of unbranched alkanes of at least 4 members (excludes halogenated alkanes) is 1. The molecule has 2 aliphatic rings. The maximum Gasteiger partial charge on any atom is 0.303 e. The van der Waals surface area contributed by atoms with E-state index in [0.717, 1.165) is 25.7 Å². The van der Waals surface area contributed by atoms with Gasteiger partial charge in [-0.15, -0.1) is 11.8 Å². The molecular formula is C24H34O5. The topological polar surface area (TPSA) is 83.8 Å². The Bertz CT molecular complexity index is 696. The molecule has 0 radical (unpaired) electrons. The number of aliphatic hydroxyl groups is 1. The average molecular weight is 403 g/mol. The summed E-state index contributed by atoms with van der Waals surface area (Å²) < 4.78 is 5.60. The average Bonchev–Trinajstić information content (AvgIpc) is 3.17. The molecule has 5 heteroatoms. The van der Waals surface area contributed by atoms with E-state index in [1.165, 1.54) is 12.5 Å². The summed E-state index contributed by atoms with van der Waals surface area (Å²) in [5.74, 6) is 5.89. The molecule has 0 aromatic rings. The first-order valence-corrected chi connectivity index (χ1v) is 10.6. The molecular weight excluding hydrogens is 368 g/mol. The van der Waals surface area contributed by atoms with Crippen LogP contribution in [0, 0.1) is 35.5 Å². The summed E-state index contributed by atoms with van der Waals surface area (Å²) in [7, 11) is 0. The van der Waals surface area contributed by atoms with Gasteiger partial charge in [-0.3, -0.25) is 9.59 Å². The molecule has 0 saturated heterocycles. The molecule has 0 aromatic carbocycles. The number of hydrogen-bond donors (Lipinski definition) is 2. The van der Waals surface area contributed by atoms with E-state index in [1.54, 1.807) is 6.92 Å². The van der Waals surface area contributed by atoms with E-state index in [1.807, 2.05) is 19.1 Å². The third-order valence-corrected chi connectivity index (χ3v) is 6.15. The van der Waals surface area contributed by atoms with E-state index >= 15 is 0 Å². The number of fused-ring (bicyclic) bond motifs is 1. The van der Waals surface area contributed by atoms with Gasteiger partial charge in [-0.1, -0.05) is 30.7 Å². The Kier molecular flexibility index (Phi) is 8.98. The van der Waals surface area contributed by atoms with Crippen LogP contribution >= 0.6 is 0 Å². The predicted octanol–water partition coefficient (Wildman–Crippen LogP) is 4.11. The molecule has 2 saturated carbocycles. The molecule has 0 heterocycles. The zero-order valence-electron chi connectivity index (χ0n) is 17.8. The zero-order chi connectivity index (χ0) is 21.4. The van der Waals surface area contributed by atoms with Crippen molar-refractivity contribution in [2.45, 2.75) is 77.9 Å². The van der Waals surface area contributed by atoms with Crippen LogP contribution in [0.15, 0.2) is 23.8 Å². The Morgan fingerprint density at radius 3 is 2.76 bits per heavy atom. The van der Waals surface area contributed by atoms with E-state index in [9.17, 15) is 14.7 Å². The molecule has 2 N–H and O–H groups in total. The molecule has 2 fully saturated rings. The summed E-state index contributed by atoms with van der Waals surface area (Å²) in [6, 6.07) is 0. The highest BCUT2D eigenvalue weighted by Crippen LogP contribution is 2.51. The highest BCUT2D eigenvalue weighted by Gasteiger charge is 2.47. The molecule has 5 nitrogen and oxygen atoms in total. The van der Waals surface area contributed by atoms with Crippen molar-refractivity contribution in [1.29, 1.82) is 0 Å². The van der Waals surface area contributed by atoms with E-state index < -0.39 is 12.1 Å². The summed E-state index contributed by atoms with van der Waals surface area (Å²) in [6.45, 7) is 5.22. The number of carbonyl (C=O) groups excluding carboxylic acids is 1. The lowest BCUT2D eigenvalue weighted by molar-refractivity contribution is -0.147. The first-order valence-electron chi connectivity index (χ1n) is 10.6. The second-order valence-electron chi connectivity index (χ2n) is 8.43. The van der Waals surface area contributed by atoms with Gasteiger partial charge in [0.25, 0.3) is 0 Å². The largest absolute Gasteiger partial charge is 0.481 e. The van der Waals surface area contributed by atoms with Crippen LogP contribution in [0.5, 0.6) is 0 Å². The van der Waals surface area contributed by atoms with Crippen LogP contribution in [0.3, 0.4) is 0 Å². The number of hydrogen-bond acceptors (Lipinski definition) is 4. The van der Waals surface area contributed by atoms with Crippen molar-refractivity contribution in [3.63, 3.8) is 0 Å². The maximum atomic E-state index is 11.6. The summed E-state index contributed by atoms with van der Waals surface area (Å²) in [5, 5.41) is 19.2. The first kappa shape index (κ1) is 23.2. The molecule has 2 rings (SSSR count). The van der Waals surface area contributed by atoms with Crippen molar-refractivity contribution >= 4 is 11.9 Å². The van der Waals surface area contributed by atoms with Gasteiger partial charge in [-0.2, -0.15) is 0 Å². The van der Waals surface area contributed by atoms with E-state index in [2.05, 4.69) is 17.9 Å². The van der Waals surface area contributed by atoms with Crippen molar-refractivity contribution in [3.05, 3.63) is 23.8 Å². The molecule has 0 bridgehead atoms. The molecule has 0 aliphatic heterocycles. The van der Waals surface area contributed by atoms with Crippen molar-refractivity contribution in [3.8, 4) is 11.8 Å². The number of carboxylic acid groups (broad SMARTS) is 1. The molecule has 29 heavy (non-hydrogen) atoms. The van der Waals surface area contributed by atoms with Gasteiger partial charge in [0.15, 0.2) is 0 Å². The fourth-order valence-electron chi connectivity index (χ4n) is 4.63. The van der Waals surface area contributed by atoms with Gasteiger partial charge in [0.2, 0.25) is 0 Å². The predicted molar refractivity (Wildman–Crippen MR) is 112 cm³/mol. The van der Waals surface area contributed by atoms with Gasteiger partial charge >= 0.3 is 11.9 Å². The van der Waals surface area contributed by atoms with Crippen molar-refractivity contribution in [2.24, 2.45) is 23.7 Å². The van der Waals surface area contributed by atoms with Crippen LogP contribution in [0.25, 0.3) is 0 Å². The minimum absolute atomic E-state index is 0.0522. The van der Waals surface area contributed by atoms with Crippen LogP contribution < -0.4 is 0 Å². The second kappa shape index (κ2) is 11.2. The van der Waals surface area contributed by atoms with Gasteiger partial charge in [0.05, 0.1) is 6.10 Å². The fourth-order valence-corrected chi connectivity index (χ4v) is 4.63. The van der Waals surface area contributed by atoms with Crippen LogP contribution in [0.2, 0.25) is 0 Å². The van der Waals surface area contributed by atoms with Gasteiger partial charge in [-0.05, 0) is 56.8 Å². The fraction of sp³-hybridized carbons (Fsp3) is 0.667. The third-order valence-electron chi connectivity index (χ3n) is 6.15. The number of rotatable bonds is 9. The molecule has 6 atom stereocenters. The van der Waals surface area contributed by atoms with Gasteiger partial charge in [0, 0.05) is 25.7 Å². The van der Waals surface area contributed by atoms with Crippen LogP contribution in [-0.4, -0.2) is 34.4 Å². The minimum atomic E-state index is -0.751. The summed E-state index contributed by atoms with van der Waals surface area (Å²) in [5.41, 5.74) is 1.39. The summed E-state index contributed by atoms with van der Waals surface area (Å²) in [6.07, 6.45) is 10.5. The molecule has 0 amide bonds. The third kappa shape index (κ3) is 7.04. The highest BCUT2D eigenvalue weighted by molar-refractivity contribution is 5.66. The lowest BCUT2D eigenvalue weighted by Crippen LogP contribution is -2.24. The Morgan fingerprint density at radius 1 is 1.34 bits per heavy atom. The number of carbonyl (C=O) groups is 2. The Hall–Kier alpha value is -2.06. The Balaban J connectivity index is 2.02. The molecule has 1 unspecified atom stereocenters. The number of aliphatic hydroxyl groups excluding tert-OH is 1. The summed E-state index contributed by atoms with van der Waals surface area (Å²) in [4.78, 5) is 22.2. The number of aliphatic carboxylic acids is 1. The minimum Gasteiger partial charge on any atom is -0.481 e. The standard InChI is InChI=1S/C24H34O5/c1-4-5-8-16(2)22(26)12-11-20-21-14-18(9-6-7-10-24(27)28)13-19(21)15-23(20)29-17(3)25/h9,11-12,16,19-23,26H,6-8,10,13-15H2,1-3H3,(H,27,28)/b12-11+,18-9+/t16?,19-,20+,21-,22+,23+/m0/s1. The van der Waals surface area contributed by atoms with E-state index in [0.29, 0.717) is 24.7 Å². The van der Waals surface area contributed by atoms with E-state index in [-0.39, 0.29) is 30.3 Å². The summed E-state index contributed by atoms with van der Waals surface area (Å²) >= 11 is 0. The second-order valence-corrected chi connectivity index (χ2v) is 8.43. The SMILES string of the molecule is CC#CCC(C)[C@H](O)/C=C/[C@@H]1[C@H]2C/C(=C/CCCC(=O)O)C[C@H]2C[C@H]1OC(C)=O. The zero-order valence-corrected chi connectivity index (χ0v) is 17.8. The lowest BCUT2D eigenvalue weighted by atomic mass is 9.89. The van der Waals surface area contributed by atoms with Gasteiger partial charge in [0.1, 0.15) is 6.10 Å². The monoisotopic (exact) mass is 402 g/mol. The smallest absolute Gasteiger partial charge is 0.303 e. The van der Waals surface area contributed by atoms with E-state index in [4.69, 9.17) is 9.84 Å². The first-order chi connectivity index (χ1) is 13.8. The Morgan fingerprint density at radius 2 is 2.10 bits per heavy atom. The van der Waals surface area contributed by atoms with Crippen molar-refractivity contribution < 1.29 is 24.5 Å². The number of esters is 1. The number of carboxylic acids is 1. The molecule has 2 aliphatic carbocycles. The van der Waals surface area contributed by atoms with Gasteiger partial charge < -0.3 is 14.9 Å². The highest BCUT2D eigenvalue weighted by atomic mass is 16.5. The Labute approximate surface area is 174 Å². The number of allylic oxidation sites excluding steroid dienone is 2. The normalized spacial score (nSPS) is 29.3. The van der Waals surface area contributed by atoms with Crippen LogP contribution in [0.4, 0.5) is 0 Å². The molecule has 0 spiro atoms. The maximum absolute atomic E-state index is 11.6. The number of ether oxygens (including phenoxy) is 1. The van der Waals surface area contributed by atoms with Crippen LogP contribution in [0.1, 0.15) is 65.7 Å². The van der Waals surface area contributed by atoms with Crippen molar-refractivity contribution in [2.75, 3.05) is 0 Å². The van der Waals surface area contributed by atoms with Crippen LogP contribution in [-0.2, 0) is 14.3 Å². The van der Waals surface area contributed by atoms with Gasteiger partial charge in [-0.25, -0.2) is 0 Å². The quantitative estimate of drug-likeness (QED) is 0.262. The molecule has 0 aromatic heterocycles. The van der Waals surface area contributed by atoms with Crippen molar-refractivity contribution in [1.82, 2.24) is 0 Å². The molecule has 160 valence electrons.